The molecule has 0 aromatic rings. The zero-order valence-electron chi connectivity index (χ0n) is 19.9. The van der Waals surface area contributed by atoms with E-state index in [2.05, 4.69) is 16.0 Å². The Bertz CT molecular complexity index is 660. The van der Waals surface area contributed by atoms with Gasteiger partial charge in [-0.05, 0) is 51.9 Å². The lowest BCUT2D eigenvalue weighted by molar-refractivity contribution is -0.149. The van der Waals surface area contributed by atoms with Crippen molar-refractivity contribution in [1.29, 1.82) is 0 Å². The van der Waals surface area contributed by atoms with Crippen molar-refractivity contribution in [1.82, 2.24) is 25.8 Å². The Balaban J connectivity index is 1.56. The molecule has 5 amide bonds. The molecule has 5 N–H and O–H groups in total. The first-order chi connectivity index (χ1) is 15.8. The number of rotatable bonds is 9. The molecular formula is C22H40N6O5. The van der Waals surface area contributed by atoms with Gasteiger partial charge in [-0.3, -0.25) is 9.59 Å². The number of hydrogen-bond donors (Lipinski definition) is 4. The summed E-state index contributed by atoms with van der Waals surface area (Å²) in [5.74, 6) is -0.346. The van der Waals surface area contributed by atoms with Crippen LogP contribution in [0.2, 0.25) is 0 Å². The van der Waals surface area contributed by atoms with E-state index in [-0.39, 0.29) is 35.9 Å². The molecule has 2 fully saturated rings. The molecule has 0 saturated carbocycles. The Morgan fingerprint density at radius 2 is 1.64 bits per heavy atom. The first kappa shape index (κ1) is 26.7. The van der Waals surface area contributed by atoms with E-state index in [4.69, 9.17) is 10.5 Å². The standard InChI is InChI=1S/C22H40N6O5/c1-3-33-20(30)16-7-12-28(13-8-16)22(32)25-11-5-4-6-18(23)19(29)27-14-9-17(10-15-27)26-21(31)24-2/h16-18H,3-15,23H2,1-2H3,(H,25,32)(H2,24,26,31). The number of nitrogens with two attached hydrogens (primary N) is 1. The van der Waals surface area contributed by atoms with Crippen molar-refractivity contribution >= 4 is 23.9 Å². The van der Waals surface area contributed by atoms with E-state index in [0.717, 1.165) is 25.7 Å². The van der Waals surface area contributed by atoms with Crippen molar-refractivity contribution in [3.8, 4) is 0 Å². The van der Waals surface area contributed by atoms with Gasteiger partial charge in [0.1, 0.15) is 0 Å². The Morgan fingerprint density at radius 3 is 2.24 bits per heavy atom. The maximum Gasteiger partial charge on any atom is 0.317 e. The molecular weight excluding hydrogens is 428 g/mol. The number of unbranched alkanes of at least 4 members (excludes halogenated alkanes) is 1. The van der Waals surface area contributed by atoms with Crippen LogP contribution >= 0.6 is 0 Å². The van der Waals surface area contributed by atoms with Gasteiger partial charge in [-0.2, -0.15) is 0 Å². The van der Waals surface area contributed by atoms with Crippen LogP contribution in [0.4, 0.5) is 9.59 Å². The van der Waals surface area contributed by atoms with Gasteiger partial charge in [-0.15, -0.1) is 0 Å². The number of amides is 5. The number of esters is 1. The molecule has 2 heterocycles. The predicted octanol–water partition coefficient (Wildman–Crippen LogP) is 0.389. The average molecular weight is 469 g/mol. The average Bonchev–Trinajstić information content (AvgIpc) is 2.83. The molecule has 11 nitrogen and oxygen atoms in total. The van der Waals surface area contributed by atoms with Crippen LogP contribution in [-0.2, 0) is 14.3 Å². The molecule has 0 radical (unpaired) electrons. The van der Waals surface area contributed by atoms with Crippen LogP contribution in [0.25, 0.3) is 0 Å². The monoisotopic (exact) mass is 468 g/mol. The lowest BCUT2D eigenvalue weighted by Crippen LogP contribution is -2.51. The first-order valence-electron chi connectivity index (χ1n) is 12.1. The maximum atomic E-state index is 12.6. The minimum atomic E-state index is -0.550. The molecule has 1 unspecified atom stereocenters. The van der Waals surface area contributed by atoms with Crippen LogP contribution in [-0.4, -0.2) is 92.2 Å². The van der Waals surface area contributed by atoms with E-state index in [1.807, 2.05) is 0 Å². The number of hydrogen-bond acceptors (Lipinski definition) is 6. The van der Waals surface area contributed by atoms with Crippen molar-refractivity contribution < 1.29 is 23.9 Å². The van der Waals surface area contributed by atoms with Crippen LogP contribution in [0.15, 0.2) is 0 Å². The second-order valence-corrected chi connectivity index (χ2v) is 8.67. The lowest BCUT2D eigenvalue weighted by Gasteiger charge is -2.33. The molecule has 2 aliphatic heterocycles. The second-order valence-electron chi connectivity index (χ2n) is 8.67. The van der Waals surface area contributed by atoms with Gasteiger partial charge < -0.3 is 36.2 Å². The zero-order chi connectivity index (χ0) is 24.2. The van der Waals surface area contributed by atoms with E-state index in [9.17, 15) is 19.2 Å². The Hall–Kier alpha value is -2.56. The summed E-state index contributed by atoms with van der Waals surface area (Å²) in [6.07, 6.45) is 4.74. The lowest BCUT2D eigenvalue weighted by atomic mass is 9.97. The van der Waals surface area contributed by atoms with Crippen LogP contribution in [0.1, 0.15) is 51.9 Å². The number of nitrogens with one attached hydrogen (secondary N) is 3. The quantitative estimate of drug-likeness (QED) is 0.284. The minimum Gasteiger partial charge on any atom is -0.466 e. The second kappa shape index (κ2) is 13.9. The van der Waals surface area contributed by atoms with Crippen LogP contribution in [0, 0.1) is 5.92 Å². The van der Waals surface area contributed by atoms with Crippen molar-refractivity contribution in [2.24, 2.45) is 11.7 Å². The SMILES string of the molecule is CCOC(=O)C1CCN(C(=O)NCCCCC(N)C(=O)N2CCC(NC(=O)NC)CC2)CC1. The molecule has 2 aliphatic rings. The van der Waals surface area contributed by atoms with Gasteiger partial charge in [0.05, 0.1) is 18.6 Å². The highest BCUT2D eigenvalue weighted by Gasteiger charge is 2.28. The summed E-state index contributed by atoms with van der Waals surface area (Å²) in [5, 5.41) is 8.32. The number of nitrogens with zero attached hydrogens (tertiary/aromatic N) is 2. The molecule has 33 heavy (non-hydrogen) atoms. The fraction of sp³-hybridized carbons (Fsp3) is 0.818. The van der Waals surface area contributed by atoms with Crippen LogP contribution in [0.5, 0.6) is 0 Å². The third kappa shape index (κ3) is 8.71. The van der Waals surface area contributed by atoms with E-state index in [0.29, 0.717) is 58.6 Å². The van der Waals surface area contributed by atoms with Gasteiger partial charge in [0.2, 0.25) is 5.91 Å². The van der Waals surface area contributed by atoms with E-state index in [1.54, 1.807) is 23.8 Å². The molecule has 0 spiro atoms. The maximum absolute atomic E-state index is 12.6. The molecule has 11 heteroatoms. The summed E-state index contributed by atoms with van der Waals surface area (Å²) in [7, 11) is 1.58. The molecule has 1 atom stereocenters. The summed E-state index contributed by atoms with van der Waals surface area (Å²) in [6, 6.07) is -0.800. The molecule has 0 bridgehead atoms. The Labute approximate surface area is 196 Å². The third-order valence-corrected chi connectivity index (χ3v) is 6.31. The van der Waals surface area contributed by atoms with Gasteiger partial charge in [0.25, 0.3) is 0 Å². The molecule has 0 aromatic heterocycles. The number of likely N-dealkylation sites (tertiary alicyclic amines) is 2. The van der Waals surface area contributed by atoms with Gasteiger partial charge in [-0.1, -0.05) is 0 Å². The van der Waals surface area contributed by atoms with Gasteiger partial charge in [-0.25, -0.2) is 9.59 Å². The van der Waals surface area contributed by atoms with E-state index >= 15 is 0 Å². The highest BCUT2D eigenvalue weighted by molar-refractivity contribution is 5.81. The highest BCUT2D eigenvalue weighted by atomic mass is 16.5. The van der Waals surface area contributed by atoms with Crippen molar-refractivity contribution in [3.63, 3.8) is 0 Å². The topological polar surface area (TPSA) is 146 Å². The Morgan fingerprint density at radius 1 is 1.00 bits per heavy atom. The van der Waals surface area contributed by atoms with Gasteiger partial charge in [0, 0.05) is 45.8 Å². The van der Waals surface area contributed by atoms with Crippen molar-refractivity contribution in [2.45, 2.75) is 64.0 Å². The first-order valence-corrected chi connectivity index (χ1v) is 12.1. The summed E-state index contributed by atoms with van der Waals surface area (Å²) in [5.41, 5.74) is 6.10. The van der Waals surface area contributed by atoms with E-state index < -0.39 is 6.04 Å². The summed E-state index contributed by atoms with van der Waals surface area (Å²) in [4.78, 5) is 51.6. The fourth-order valence-corrected chi connectivity index (χ4v) is 4.23. The fourth-order valence-electron chi connectivity index (χ4n) is 4.23. The Kier molecular flexibility index (Phi) is 11.2. The molecule has 2 rings (SSSR count). The minimum absolute atomic E-state index is 0.0538. The number of urea groups is 2. The summed E-state index contributed by atoms with van der Waals surface area (Å²) in [6.45, 7) is 4.96. The summed E-state index contributed by atoms with van der Waals surface area (Å²) >= 11 is 0. The van der Waals surface area contributed by atoms with Crippen LogP contribution in [0.3, 0.4) is 0 Å². The predicted molar refractivity (Wildman–Crippen MR) is 123 cm³/mol. The normalized spacial score (nSPS) is 18.4. The largest absolute Gasteiger partial charge is 0.466 e. The molecule has 188 valence electrons. The van der Waals surface area contributed by atoms with Crippen molar-refractivity contribution in [2.75, 3.05) is 46.4 Å². The molecule has 0 aliphatic carbocycles. The summed E-state index contributed by atoms with van der Waals surface area (Å²) < 4.78 is 5.05. The highest BCUT2D eigenvalue weighted by Crippen LogP contribution is 2.18. The number of carbonyl (C=O) groups excluding carboxylic acids is 4. The van der Waals surface area contributed by atoms with E-state index in [1.165, 1.54) is 0 Å². The van der Waals surface area contributed by atoms with Crippen LogP contribution < -0.4 is 21.7 Å². The van der Waals surface area contributed by atoms with Gasteiger partial charge in [0.15, 0.2) is 0 Å². The number of ether oxygens (including phenoxy) is 1. The van der Waals surface area contributed by atoms with Crippen molar-refractivity contribution in [3.05, 3.63) is 0 Å². The molecule has 2 saturated heterocycles. The number of carbonyl (C=O) groups is 4. The third-order valence-electron chi connectivity index (χ3n) is 6.31. The zero-order valence-corrected chi connectivity index (χ0v) is 19.9. The smallest absolute Gasteiger partial charge is 0.317 e. The van der Waals surface area contributed by atoms with Gasteiger partial charge >= 0.3 is 18.0 Å². The molecule has 0 aromatic carbocycles. The number of piperidine rings is 2.